The average molecular weight is 314 g/mol. The molecule has 0 atom stereocenters. The molecular formula is H5CrGaGdNO. The molecule has 0 bridgehead atoms. The fourth-order valence-electron chi connectivity index (χ4n) is 0. The van der Waals surface area contributed by atoms with Gasteiger partial charge in [0.25, 0.3) is 0 Å². The minimum absolute atomic E-state index is 0. The Hall–Kier alpha value is 2.41. The van der Waals surface area contributed by atoms with E-state index in [4.69, 9.17) is 0 Å². The summed E-state index contributed by atoms with van der Waals surface area (Å²) >= 11 is 0. The first-order valence-corrected chi connectivity index (χ1v) is 0. The van der Waals surface area contributed by atoms with E-state index in [2.05, 4.69) is 0 Å². The summed E-state index contributed by atoms with van der Waals surface area (Å²) in [5.41, 5.74) is 0. The molecule has 33 valence electrons. The maximum Gasteiger partial charge on any atom is 0 e. The number of quaternary nitrogens is 1. The quantitative estimate of drug-likeness (QED) is 0.619. The second-order valence-corrected chi connectivity index (χ2v) is 0. The number of rotatable bonds is 0. The molecule has 5 heavy (non-hydrogen) atoms. The van der Waals surface area contributed by atoms with Crippen molar-refractivity contribution in [2.24, 2.45) is 0 Å². The van der Waals surface area contributed by atoms with Crippen molar-refractivity contribution in [3.05, 3.63) is 0 Å². The van der Waals surface area contributed by atoms with Gasteiger partial charge in [-0.1, -0.05) is 0 Å². The van der Waals surface area contributed by atoms with Crippen LogP contribution in [0.1, 0.15) is 0 Å². The van der Waals surface area contributed by atoms with E-state index in [1.807, 2.05) is 0 Å². The van der Waals surface area contributed by atoms with Crippen LogP contribution >= 0.6 is 0 Å². The summed E-state index contributed by atoms with van der Waals surface area (Å²) in [6, 6.07) is 0. The Balaban J connectivity index is 0. The monoisotopic (exact) mass is 314 g/mol. The molecule has 0 rings (SSSR count). The van der Waals surface area contributed by atoms with Crippen molar-refractivity contribution >= 4 is 19.8 Å². The number of hydrogen-bond donors (Lipinski definition) is 1. The molecular weight excluding hydrogens is 309 g/mol. The molecule has 2 nitrogen and oxygen atoms in total. The fourth-order valence-corrected chi connectivity index (χ4v) is 0. The molecule has 0 heterocycles. The molecule has 0 aliphatic heterocycles. The maximum atomic E-state index is 0. The van der Waals surface area contributed by atoms with E-state index in [9.17, 15) is 0 Å². The third-order valence-electron chi connectivity index (χ3n) is 0. The minimum atomic E-state index is 0. The van der Waals surface area contributed by atoms with Crippen molar-refractivity contribution in [1.29, 1.82) is 0 Å². The fraction of sp³-hybridized carbons (Fsp3) is 0. The van der Waals surface area contributed by atoms with Crippen molar-refractivity contribution in [1.82, 2.24) is 6.15 Å². The molecule has 0 saturated heterocycles. The van der Waals surface area contributed by atoms with Gasteiger partial charge in [-0.15, -0.1) is 0 Å². The summed E-state index contributed by atoms with van der Waals surface area (Å²) in [4.78, 5) is 0. The number of hydrogen-bond acceptors (Lipinski definition) is 1. The zero-order chi connectivity index (χ0) is 0. The largest absolute Gasteiger partial charge is 0.870 e. The zero-order valence-electron chi connectivity index (χ0n) is 2.79. The van der Waals surface area contributed by atoms with Gasteiger partial charge in [0.15, 0.2) is 0 Å². The molecule has 0 aliphatic rings. The predicted octanol–water partition coefficient (Wildman–Crippen LogP) is -0.184. The second-order valence-electron chi connectivity index (χ2n) is 0. The van der Waals surface area contributed by atoms with Crippen LogP contribution in [0.4, 0.5) is 0 Å². The van der Waals surface area contributed by atoms with Crippen molar-refractivity contribution < 1.29 is 62.8 Å². The van der Waals surface area contributed by atoms with Crippen molar-refractivity contribution in [3.63, 3.8) is 0 Å². The van der Waals surface area contributed by atoms with E-state index in [1.165, 1.54) is 0 Å². The van der Waals surface area contributed by atoms with Crippen LogP contribution in [-0.4, -0.2) is 25.3 Å². The summed E-state index contributed by atoms with van der Waals surface area (Å²) in [6.45, 7) is 0. The Bertz CT molecular complexity index is 11.6. The third-order valence-corrected chi connectivity index (χ3v) is 0. The summed E-state index contributed by atoms with van der Waals surface area (Å²) in [5, 5.41) is 0. The minimum Gasteiger partial charge on any atom is -0.870 e. The zero-order valence-corrected chi connectivity index (χ0v) is 8.75. The first kappa shape index (κ1) is 52.4. The Labute approximate surface area is 87.2 Å². The summed E-state index contributed by atoms with van der Waals surface area (Å²) < 4.78 is 0. The van der Waals surface area contributed by atoms with Gasteiger partial charge in [0.2, 0.25) is 0 Å². The molecule has 0 aliphatic carbocycles. The Morgan fingerprint density at radius 1 is 1.00 bits per heavy atom. The van der Waals surface area contributed by atoms with E-state index < -0.39 is 0 Å². The van der Waals surface area contributed by atoms with Gasteiger partial charge in [0.1, 0.15) is 0 Å². The Kier molecular flexibility index (Phi) is 338. The van der Waals surface area contributed by atoms with Crippen LogP contribution in [0.2, 0.25) is 0 Å². The molecule has 0 fully saturated rings. The van der Waals surface area contributed by atoms with Gasteiger partial charge in [0, 0.05) is 77.1 Å². The second kappa shape index (κ2) is 32.3. The standard InChI is InChI=1S/Cr.Ga.Gd.H3N.H2O/h;;;1H3;1H2. The van der Waals surface area contributed by atoms with Crippen molar-refractivity contribution in [2.75, 3.05) is 0 Å². The van der Waals surface area contributed by atoms with E-state index in [0.29, 0.717) is 0 Å². The molecule has 0 aromatic carbocycles. The van der Waals surface area contributed by atoms with Gasteiger partial charge in [-0.25, -0.2) is 0 Å². The van der Waals surface area contributed by atoms with E-state index >= 15 is 0 Å². The first-order chi connectivity index (χ1) is 0. The Morgan fingerprint density at radius 3 is 1.00 bits per heavy atom. The summed E-state index contributed by atoms with van der Waals surface area (Å²) in [7, 11) is 0. The molecule has 0 saturated carbocycles. The van der Waals surface area contributed by atoms with Gasteiger partial charge < -0.3 is 11.6 Å². The van der Waals surface area contributed by atoms with E-state index in [-0.39, 0.29) is 88.7 Å². The van der Waals surface area contributed by atoms with Gasteiger partial charge >= 0.3 is 0 Å². The molecule has 0 unspecified atom stereocenters. The van der Waals surface area contributed by atoms with Crippen molar-refractivity contribution in [2.45, 2.75) is 0 Å². The molecule has 0 aromatic rings. The van der Waals surface area contributed by atoms with Crippen LogP contribution in [-0.2, 0) is 17.4 Å². The van der Waals surface area contributed by atoms with Gasteiger partial charge in [-0.2, -0.15) is 0 Å². The predicted molar refractivity (Wildman–Crippen MR) is 13.7 cm³/mol. The normalized spacial score (nSPS) is 0. The van der Waals surface area contributed by atoms with E-state index in [1.54, 1.807) is 0 Å². The van der Waals surface area contributed by atoms with Crippen LogP contribution in [0.15, 0.2) is 0 Å². The van der Waals surface area contributed by atoms with Gasteiger partial charge in [0.05, 0.1) is 0 Å². The Morgan fingerprint density at radius 2 is 1.00 bits per heavy atom. The van der Waals surface area contributed by atoms with Crippen LogP contribution in [0.5, 0.6) is 0 Å². The van der Waals surface area contributed by atoms with Crippen LogP contribution < -0.4 is 6.15 Å². The smallest absolute Gasteiger partial charge is 0 e. The van der Waals surface area contributed by atoms with Crippen LogP contribution in [0, 0.1) is 39.9 Å². The van der Waals surface area contributed by atoms with Crippen LogP contribution in [0.25, 0.3) is 0 Å². The van der Waals surface area contributed by atoms with Crippen LogP contribution in [0.3, 0.4) is 0 Å². The van der Waals surface area contributed by atoms with Crippen molar-refractivity contribution in [3.8, 4) is 0 Å². The van der Waals surface area contributed by atoms with Gasteiger partial charge in [-0.05, 0) is 0 Å². The molecule has 0 spiro atoms. The topological polar surface area (TPSA) is 66.5 Å². The first-order valence-electron chi connectivity index (χ1n) is 0. The molecule has 5 N–H and O–H groups in total. The van der Waals surface area contributed by atoms with Gasteiger partial charge in [-0.3, -0.25) is 0 Å². The SMILES string of the molecule is [Cr].[Ga].[Gd].[NH4+].[OH-]. The summed E-state index contributed by atoms with van der Waals surface area (Å²) in [6.07, 6.45) is 0. The molecule has 3 radical (unpaired) electrons. The van der Waals surface area contributed by atoms with E-state index in [0.717, 1.165) is 0 Å². The summed E-state index contributed by atoms with van der Waals surface area (Å²) in [5.74, 6) is 0. The maximum absolute atomic E-state index is 0. The molecule has 0 aromatic heterocycles. The third kappa shape index (κ3) is 21.4. The molecule has 0 amide bonds. The average Bonchev–Trinajstić information content (AvgIpc) is 0. The molecule has 5 heteroatoms.